The molecule has 0 bridgehead atoms. The van der Waals surface area contributed by atoms with Gasteiger partial charge in [0.15, 0.2) is 6.21 Å². The summed E-state index contributed by atoms with van der Waals surface area (Å²) in [6, 6.07) is -0.382. The van der Waals surface area contributed by atoms with Crippen molar-refractivity contribution in [3.05, 3.63) is 11.8 Å². The molecule has 138 valence electrons. The Morgan fingerprint density at radius 3 is 2.08 bits per heavy atom. The van der Waals surface area contributed by atoms with E-state index in [1.165, 1.54) is 0 Å². The maximum absolute atomic E-state index is 12.7. The number of rotatable bonds is 10. The van der Waals surface area contributed by atoms with Gasteiger partial charge in [0, 0.05) is 32.3 Å². The second-order valence-corrected chi connectivity index (χ2v) is 6.54. The first kappa shape index (κ1) is 22.3. The maximum atomic E-state index is 12.7. The summed E-state index contributed by atoms with van der Waals surface area (Å²) in [5, 5.41) is 0. The van der Waals surface area contributed by atoms with Crippen LogP contribution in [0.25, 0.3) is 0 Å². The Hall–Kier alpha value is -1.69. The molecule has 6 heteroatoms. The molecule has 24 heavy (non-hydrogen) atoms. The van der Waals surface area contributed by atoms with Gasteiger partial charge < -0.3 is 14.5 Å². The summed E-state index contributed by atoms with van der Waals surface area (Å²) in [6.07, 6.45) is 4.95. The third-order valence-corrected chi connectivity index (χ3v) is 3.41. The van der Waals surface area contributed by atoms with Gasteiger partial charge in [-0.1, -0.05) is 6.92 Å². The Balaban J connectivity index is 6.09. The Morgan fingerprint density at radius 2 is 1.71 bits per heavy atom. The van der Waals surface area contributed by atoms with Crippen molar-refractivity contribution >= 4 is 18.0 Å². The van der Waals surface area contributed by atoms with Crippen molar-refractivity contribution in [1.82, 2.24) is 9.80 Å². The smallest absolute Gasteiger partial charge is 0.318 e. The van der Waals surface area contributed by atoms with Gasteiger partial charge in [-0.2, -0.15) is 0 Å². The van der Waals surface area contributed by atoms with Crippen molar-refractivity contribution in [2.75, 3.05) is 48.9 Å². The predicted molar refractivity (Wildman–Crippen MR) is 97.5 cm³/mol. The van der Waals surface area contributed by atoms with Gasteiger partial charge in [-0.15, -0.1) is 0 Å². The lowest BCUT2D eigenvalue weighted by atomic mass is 9.87. The van der Waals surface area contributed by atoms with Crippen LogP contribution in [0.2, 0.25) is 0 Å². The minimum absolute atomic E-state index is 0.0773. The van der Waals surface area contributed by atoms with Crippen LogP contribution in [0, 0.1) is 5.92 Å². The molecule has 6 nitrogen and oxygen atoms in total. The monoisotopic (exact) mass is 340 g/mol. The standard InChI is InChI=1S/C18H34N3O3/c1-9-11-15(22)16(18(23)24-10-2)17(21(7)8)14(12-19(3)4)13-20(5)6/h12-13,16-17H,9-11H2,1-8H3/q+1. The SMILES string of the molecule is CCCC(=O)C(C(=O)OCC)C(/C(C=[N+](C)C)=C/N(C)C)N(C)C. The van der Waals surface area contributed by atoms with E-state index in [2.05, 4.69) is 0 Å². The van der Waals surface area contributed by atoms with Gasteiger partial charge >= 0.3 is 5.97 Å². The molecule has 0 spiro atoms. The van der Waals surface area contributed by atoms with E-state index in [1.54, 1.807) is 6.92 Å². The normalized spacial score (nSPS) is 14.1. The second kappa shape index (κ2) is 11.0. The second-order valence-electron chi connectivity index (χ2n) is 6.54. The topological polar surface area (TPSA) is 52.9 Å². The van der Waals surface area contributed by atoms with Crippen LogP contribution in [-0.2, 0) is 14.3 Å². The van der Waals surface area contributed by atoms with E-state index in [-0.39, 0.29) is 18.4 Å². The number of ketones is 1. The number of Topliss-reactive ketones (excluding diaryl/α,β-unsaturated/α-hetero) is 1. The zero-order valence-electron chi connectivity index (χ0n) is 16.5. The predicted octanol–water partition coefficient (Wildman–Crippen LogP) is 1.25. The molecule has 2 unspecified atom stereocenters. The third-order valence-electron chi connectivity index (χ3n) is 3.41. The number of hydrogen-bond acceptors (Lipinski definition) is 5. The van der Waals surface area contributed by atoms with E-state index in [4.69, 9.17) is 4.74 Å². The zero-order chi connectivity index (χ0) is 18.9. The minimum atomic E-state index is -0.831. The lowest BCUT2D eigenvalue weighted by Crippen LogP contribution is -2.46. The number of esters is 1. The average molecular weight is 340 g/mol. The van der Waals surface area contributed by atoms with Gasteiger partial charge in [-0.3, -0.25) is 9.59 Å². The lowest BCUT2D eigenvalue weighted by Gasteiger charge is -2.30. The van der Waals surface area contributed by atoms with E-state index in [9.17, 15) is 9.59 Å². The number of nitrogens with zero attached hydrogens (tertiary/aromatic N) is 3. The molecule has 0 aromatic rings. The van der Waals surface area contributed by atoms with Crippen molar-refractivity contribution in [2.45, 2.75) is 32.7 Å². The number of carbonyl (C=O) groups excluding carboxylic acids is 2. The number of carbonyl (C=O) groups is 2. The molecular formula is C18H34N3O3+. The van der Waals surface area contributed by atoms with Gasteiger partial charge in [0.25, 0.3) is 0 Å². The van der Waals surface area contributed by atoms with Gasteiger partial charge in [-0.25, -0.2) is 4.58 Å². The fraction of sp³-hybridized carbons (Fsp3) is 0.722. The van der Waals surface area contributed by atoms with Crippen LogP contribution < -0.4 is 0 Å². The summed E-state index contributed by atoms with van der Waals surface area (Å²) >= 11 is 0. The van der Waals surface area contributed by atoms with Crippen LogP contribution in [0.5, 0.6) is 0 Å². The fourth-order valence-corrected chi connectivity index (χ4v) is 2.64. The van der Waals surface area contributed by atoms with Gasteiger partial charge in [-0.05, 0) is 27.4 Å². The molecule has 0 saturated carbocycles. The Morgan fingerprint density at radius 1 is 1.12 bits per heavy atom. The molecule has 0 radical (unpaired) electrons. The Labute approximate surface area is 146 Å². The molecule has 0 fully saturated rings. The Bertz CT molecular complexity index is 460. The van der Waals surface area contributed by atoms with Crippen LogP contribution in [0.4, 0.5) is 0 Å². The highest BCUT2D eigenvalue weighted by molar-refractivity contribution is 6.01. The van der Waals surface area contributed by atoms with Crippen molar-refractivity contribution in [3.63, 3.8) is 0 Å². The van der Waals surface area contributed by atoms with E-state index in [0.29, 0.717) is 12.8 Å². The van der Waals surface area contributed by atoms with E-state index >= 15 is 0 Å². The summed E-state index contributed by atoms with van der Waals surface area (Å²) < 4.78 is 7.12. The first-order chi connectivity index (χ1) is 11.1. The zero-order valence-corrected chi connectivity index (χ0v) is 16.5. The number of likely N-dealkylation sites (N-methyl/N-ethyl adjacent to an activating group) is 1. The molecule has 0 aliphatic rings. The summed E-state index contributed by atoms with van der Waals surface area (Å²) in [4.78, 5) is 29.1. The molecule has 0 saturated heterocycles. The molecule has 0 aliphatic heterocycles. The van der Waals surface area contributed by atoms with Gasteiger partial charge in [0.2, 0.25) is 0 Å². The van der Waals surface area contributed by atoms with Crippen molar-refractivity contribution in [2.24, 2.45) is 5.92 Å². The van der Waals surface area contributed by atoms with Crippen molar-refractivity contribution < 1.29 is 18.9 Å². The maximum Gasteiger partial charge on any atom is 0.318 e. The molecule has 0 N–H and O–H groups in total. The van der Waals surface area contributed by atoms with Crippen LogP contribution in [-0.4, -0.2) is 87.3 Å². The van der Waals surface area contributed by atoms with Crippen LogP contribution in [0.3, 0.4) is 0 Å². The van der Waals surface area contributed by atoms with Crippen molar-refractivity contribution in [1.29, 1.82) is 0 Å². The summed E-state index contributed by atoms with van der Waals surface area (Å²) in [6.45, 7) is 3.96. The van der Waals surface area contributed by atoms with E-state index in [0.717, 1.165) is 5.57 Å². The molecule has 0 aromatic carbocycles. The molecule has 0 rings (SSSR count). The highest BCUT2D eigenvalue weighted by Crippen LogP contribution is 2.22. The largest absolute Gasteiger partial charge is 0.465 e. The summed E-state index contributed by atoms with van der Waals surface area (Å²) in [5.41, 5.74) is 0.887. The van der Waals surface area contributed by atoms with Crippen molar-refractivity contribution in [3.8, 4) is 0 Å². The summed E-state index contributed by atoms with van der Waals surface area (Å²) in [5.74, 6) is -1.36. The highest BCUT2D eigenvalue weighted by atomic mass is 16.5. The van der Waals surface area contributed by atoms with Gasteiger partial charge in [0.1, 0.15) is 25.8 Å². The lowest BCUT2D eigenvalue weighted by molar-refractivity contribution is -0.459. The third kappa shape index (κ3) is 7.25. The quantitative estimate of drug-likeness (QED) is 0.259. The number of hydrogen-bond donors (Lipinski definition) is 0. The Kier molecular flexibility index (Phi) is 10.2. The highest BCUT2D eigenvalue weighted by Gasteiger charge is 2.39. The van der Waals surface area contributed by atoms with E-state index in [1.807, 2.05) is 76.0 Å². The molecule has 0 aliphatic carbocycles. The van der Waals surface area contributed by atoms with Crippen LogP contribution in [0.15, 0.2) is 11.8 Å². The minimum Gasteiger partial charge on any atom is -0.465 e. The van der Waals surface area contributed by atoms with Crippen LogP contribution in [0.1, 0.15) is 26.7 Å². The van der Waals surface area contributed by atoms with Crippen LogP contribution >= 0.6 is 0 Å². The average Bonchev–Trinajstić information content (AvgIpc) is 2.42. The summed E-state index contributed by atoms with van der Waals surface area (Å²) in [7, 11) is 11.4. The number of ether oxygens (including phenoxy) is 1. The molecule has 0 heterocycles. The first-order valence-electron chi connectivity index (χ1n) is 8.40. The molecule has 0 aromatic heterocycles. The van der Waals surface area contributed by atoms with E-state index < -0.39 is 11.9 Å². The first-order valence-corrected chi connectivity index (χ1v) is 8.40. The van der Waals surface area contributed by atoms with Gasteiger partial charge in [0.05, 0.1) is 12.6 Å². The molecule has 0 amide bonds. The molecule has 2 atom stereocenters. The fourth-order valence-electron chi connectivity index (χ4n) is 2.64. The molecular weight excluding hydrogens is 306 g/mol.